The highest BCUT2D eigenvalue weighted by atomic mass is 32.2. The predicted octanol–water partition coefficient (Wildman–Crippen LogP) is 3.98. The number of aryl methyl sites for hydroxylation is 2. The van der Waals surface area contributed by atoms with Gasteiger partial charge in [-0.2, -0.15) is 0 Å². The molecule has 2 saturated carbocycles. The molecule has 2 fully saturated rings. The van der Waals surface area contributed by atoms with Crippen LogP contribution in [0.5, 0.6) is 0 Å². The zero-order valence-corrected chi connectivity index (χ0v) is 20.4. The van der Waals surface area contributed by atoms with Crippen LogP contribution in [0.2, 0.25) is 0 Å². The second-order valence-corrected chi connectivity index (χ2v) is 12.1. The zero-order valence-electron chi connectivity index (χ0n) is 19.6. The Balaban J connectivity index is 1.30. The molecule has 0 spiro atoms. The van der Waals surface area contributed by atoms with Crippen molar-refractivity contribution in [3.05, 3.63) is 69.4 Å². The minimum atomic E-state index is -3.39. The summed E-state index contributed by atoms with van der Waals surface area (Å²) in [7, 11) is -3.39. The minimum absolute atomic E-state index is 0.0228. The molecule has 2 aromatic rings. The maximum absolute atomic E-state index is 14.2. The van der Waals surface area contributed by atoms with Gasteiger partial charge in [0.25, 0.3) is 5.56 Å². The molecule has 1 aliphatic heterocycles. The van der Waals surface area contributed by atoms with Gasteiger partial charge in [-0.3, -0.25) is 4.79 Å². The van der Waals surface area contributed by atoms with Crippen molar-refractivity contribution in [3.8, 4) is 0 Å². The first kappa shape index (κ1) is 23.7. The number of nitrogens with one attached hydrogen (secondary N) is 1. The first-order valence-electron chi connectivity index (χ1n) is 12.4. The van der Waals surface area contributed by atoms with Crippen LogP contribution in [0.4, 0.5) is 4.39 Å². The van der Waals surface area contributed by atoms with Crippen molar-refractivity contribution in [1.29, 1.82) is 0 Å². The molecule has 1 aromatic carbocycles. The lowest BCUT2D eigenvalue weighted by atomic mass is 9.82. The Morgan fingerprint density at radius 2 is 1.76 bits per heavy atom. The van der Waals surface area contributed by atoms with Crippen LogP contribution in [0.1, 0.15) is 73.7 Å². The van der Waals surface area contributed by atoms with Gasteiger partial charge in [0.1, 0.15) is 5.82 Å². The van der Waals surface area contributed by atoms with Gasteiger partial charge in [0, 0.05) is 17.3 Å². The SMILES string of the molecule is Cc1ccc2n(c1=O)[C@@H](COC1CCC(c3ccccc3F)CC1)[C@@H](NS(=O)(=O)C1CC1)CC2. The van der Waals surface area contributed by atoms with Crippen molar-refractivity contribution in [2.45, 2.75) is 87.6 Å². The molecule has 2 heterocycles. The van der Waals surface area contributed by atoms with Gasteiger partial charge in [-0.25, -0.2) is 17.5 Å². The molecule has 2 aliphatic carbocycles. The van der Waals surface area contributed by atoms with E-state index in [4.69, 9.17) is 4.74 Å². The fourth-order valence-electron chi connectivity index (χ4n) is 5.53. The van der Waals surface area contributed by atoms with Gasteiger partial charge >= 0.3 is 0 Å². The van der Waals surface area contributed by atoms with Crippen molar-refractivity contribution in [2.24, 2.45) is 0 Å². The van der Waals surface area contributed by atoms with E-state index < -0.39 is 10.0 Å². The third-order valence-corrected chi connectivity index (χ3v) is 9.68. The third-order valence-electron chi connectivity index (χ3n) is 7.70. The molecule has 0 amide bonds. The first-order chi connectivity index (χ1) is 16.3. The minimum Gasteiger partial charge on any atom is -0.376 e. The van der Waals surface area contributed by atoms with Crippen molar-refractivity contribution in [3.63, 3.8) is 0 Å². The third kappa shape index (κ3) is 4.86. The average Bonchev–Trinajstić information content (AvgIpc) is 3.68. The summed E-state index contributed by atoms with van der Waals surface area (Å²) in [6.45, 7) is 2.07. The second-order valence-electron chi connectivity index (χ2n) is 10.1. The Morgan fingerprint density at radius 1 is 1.03 bits per heavy atom. The Kier molecular flexibility index (Phi) is 6.66. The number of aromatic nitrogens is 1. The molecule has 6 nitrogen and oxygen atoms in total. The van der Waals surface area contributed by atoms with Crippen molar-refractivity contribution >= 4 is 10.0 Å². The van der Waals surface area contributed by atoms with Crippen molar-refractivity contribution in [2.75, 3.05) is 6.61 Å². The monoisotopic (exact) mass is 488 g/mol. The molecule has 5 rings (SSSR count). The summed E-state index contributed by atoms with van der Waals surface area (Å²) in [5, 5.41) is -0.307. The van der Waals surface area contributed by atoms with Gasteiger partial charge in [0.2, 0.25) is 10.0 Å². The summed E-state index contributed by atoms with van der Waals surface area (Å²) < 4.78 is 50.6. The van der Waals surface area contributed by atoms with E-state index in [0.29, 0.717) is 31.2 Å². The normalized spacial score (nSPS) is 27.4. The van der Waals surface area contributed by atoms with E-state index in [0.717, 1.165) is 36.9 Å². The molecule has 1 N–H and O–H groups in total. The largest absolute Gasteiger partial charge is 0.376 e. The number of rotatable bonds is 7. The van der Waals surface area contributed by atoms with Crippen LogP contribution in [0.15, 0.2) is 41.2 Å². The lowest BCUT2D eigenvalue weighted by Gasteiger charge is -2.37. The topological polar surface area (TPSA) is 77.4 Å². The summed E-state index contributed by atoms with van der Waals surface area (Å²) in [5.74, 6) is 0.0473. The highest BCUT2D eigenvalue weighted by Crippen LogP contribution is 2.36. The molecular weight excluding hydrogens is 455 g/mol. The maximum Gasteiger partial charge on any atom is 0.254 e. The lowest BCUT2D eigenvalue weighted by molar-refractivity contribution is -0.00185. The van der Waals surface area contributed by atoms with E-state index in [1.165, 1.54) is 6.07 Å². The molecule has 184 valence electrons. The van der Waals surface area contributed by atoms with Gasteiger partial charge in [-0.05, 0) is 81.9 Å². The number of hydrogen-bond acceptors (Lipinski definition) is 4. The van der Waals surface area contributed by atoms with Gasteiger partial charge in [0.05, 0.1) is 24.0 Å². The van der Waals surface area contributed by atoms with Crippen molar-refractivity contribution in [1.82, 2.24) is 9.29 Å². The number of benzene rings is 1. The van der Waals surface area contributed by atoms with E-state index >= 15 is 0 Å². The van der Waals surface area contributed by atoms with E-state index in [1.54, 1.807) is 17.6 Å². The molecule has 0 saturated heterocycles. The molecule has 0 radical (unpaired) electrons. The number of fused-ring (bicyclic) bond motifs is 1. The Labute approximate surface area is 200 Å². The molecule has 0 bridgehead atoms. The molecule has 2 atom stereocenters. The number of hydrogen-bond donors (Lipinski definition) is 1. The molecule has 8 heteroatoms. The fraction of sp³-hybridized carbons (Fsp3) is 0.577. The summed E-state index contributed by atoms with van der Waals surface area (Å²) in [6, 6.07) is 10.0. The number of pyridine rings is 1. The van der Waals surface area contributed by atoms with Gasteiger partial charge in [0.15, 0.2) is 0 Å². The highest BCUT2D eigenvalue weighted by Gasteiger charge is 2.40. The van der Waals surface area contributed by atoms with E-state index in [1.807, 2.05) is 24.3 Å². The smallest absolute Gasteiger partial charge is 0.254 e. The first-order valence-corrected chi connectivity index (χ1v) is 14.0. The predicted molar refractivity (Wildman–Crippen MR) is 129 cm³/mol. The number of halogens is 1. The van der Waals surface area contributed by atoms with Crippen LogP contribution in [0.25, 0.3) is 0 Å². The molecule has 0 unspecified atom stereocenters. The standard InChI is InChI=1S/C26H33FN2O4S/c1-17-6-9-19-10-15-24(28-34(31,32)21-13-14-21)25(29(19)26(17)30)16-33-20-11-7-18(8-12-20)22-4-2-3-5-23(22)27/h2-6,9,18,20-21,24-25,28H,7-8,10-16H2,1H3/t18?,20?,24-,25-/m0/s1. The van der Waals surface area contributed by atoms with Crippen LogP contribution < -0.4 is 10.3 Å². The van der Waals surface area contributed by atoms with Gasteiger partial charge < -0.3 is 9.30 Å². The van der Waals surface area contributed by atoms with Crippen LogP contribution in [0.3, 0.4) is 0 Å². The average molecular weight is 489 g/mol. The summed E-state index contributed by atoms with van der Waals surface area (Å²) in [4.78, 5) is 13.1. The van der Waals surface area contributed by atoms with Crippen LogP contribution >= 0.6 is 0 Å². The van der Waals surface area contributed by atoms with Crippen molar-refractivity contribution < 1.29 is 17.5 Å². The van der Waals surface area contributed by atoms with Gasteiger partial charge in [-0.1, -0.05) is 24.3 Å². The van der Waals surface area contributed by atoms with E-state index in [2.05, 4.69) is 4.72 Å². The second kappa shape index (κ2) is 9.55. The molecule has 3 aliphatic rings. The summed E-state index contributed by atoms with van der Waals surface area (Å²) in [5.41, 5.74) is 2.27. The van der Waals surface area contributed by atoms with E-state index in [9.17, 15) is 17.6 Å². The molecule has 1 aromatic heterocycles. The van der Waals surface area contributed by atoms with Crippen LogP contribution in [0, 0.1) is 12.7 Å². The Hall–Kier alpha value is -2.03. The zero-order chi connectivity index (χ0) is 23.9. The summed E-state index contributed by atoms with van der Waals surface area (Å²) in [6.07, 6.45) is 6.05. The molecule has 34 heavy (non-hydrogen) atoms. The molecular formula is C26H33FN2O4S. The van der Waals surface area contributed by atoms with Crippen LogP contribution in [-0.2, 0) is 21.2 Å². The number of ether oxygens (including phenoxy) is 1. The van der Waals surface area contributed by atoms with Crippen LogP contribution in [-0.4, -0.2) is 37.0 Å². The lowest BCUT2D eigenvalue weighted by Crippen LogP contribution is -2.50. The number of sulfonamides is 1. The summed E-state index contributed by atoms with van der Waals surface area (Å²) >= 11 is 0. The highest BCUT2D eigenvalue weighted by molar-refractivity contribution is 7.90. The maximum atomic E-state index is 14.2. The number of nitrogens with zero attached hydrogens (tertiary/aromatic N) is 1. The van der Waals surface area contributed by atoms with E-state index in [-0.39, 0.29) is 47.3 Å². The fourth-order valence-corrected chi connectivity index (χ4v) is 7.18. The Morgan fingerprint density at radius 3 is 2.47 bits per heavy atom. The quantitative estimate of drug-likeness (QED) is 0.640. The van der Waals surface area contributed by atoms with Gasteiger partial charge in [-0.15, -0.1) is 0 Å². The Bertz CT molecular complexity index is 1200.